The quantitative estimate of drug-likeness (QED) is 0.744. The van der Waals surface area contributed by atoms with Crippen molar-refractivity contribution in [3.05, 3.63) is 36.7 Å². The molecule has 0 spiro atoms. The predicted molar refractivity (Wildman–Crippen MR) is 71.4 cm³/mol. The number of imidazole rings is 1. The number of nitrogens with zero attached hydrogens (tertiary/aromatic N) is 4. The fraction of sp³-hybridized carbons (Fsp3) is 0.154. The fourth-order valence-corrected chi connectivity index (χ4v) is 1.89. The molecule has 0 saturated carbocycles. The Morgan fingerprint density at radius 3 is 2.56 bits per heavy atom. The standard InChI is InChI=1S/C13H13N5/c1-18(2)13-10-12(14-8-15-13)17-11(16-10)9-6-4-3-5-7-9/h3-8H,1-2H3,(H,14,15,16,17). The number of benzene rings is 1. The Morgan fingerprint density at radius 2 is 1.83 bits per heavy atom. The van der Waals surface area contributed by atoms with E-state index in [2.05, 4.69) is 19.9 Å². The maximum atomic E-state index is 4.49. The van der Waals surface area contributed by atoms with Crippen molar-refractivity contribution in [2.45, 2.75) is 0 Å². The first-order chi connectivity index (χ1) is 8.75. The van der Waals surface area contributed by atoms with Gasteiger partial charge in [-0.15, -0.1) is 0 Å². The summed E-state index contributed by atoms with van der Waals surface area (Å²) in [6.45, 7) is 0. The van der Waals surface area contributed by atoms with Gasteiger partial charge in [-0.1, -0.05) is 30.3 Å². The second-order valence-corrected chi connectivity index (χ2v) is 4.24. The number of rotatable bonds is 2. The molecule has 0 aliphatic rings. The van der Waals surface area contributed by atoms with Gasteiger partial charge >= 0.3 is 0 Å². The van der Waals surface area contributed by atoms with Crippen LogP contribution < -0.4 is 4.90 Å². The van der Waals surface area contributed by atoms with Crippen LogP contribution in [0.25, 0.3) is 22.6 Å². The van der Waals surface area contributed by atoms with Crippen LogP contribution in [0.1, 0.15) is 0 Å². The Balaban J connectivity index is 2.20. The zero-order valence-corrected chi connectivity index (χ0v) is 10.3. The van der Waals surface area contributed by atoms with Crippen LogP contribution in [0, 0.1) is 0 Å². The van der Waals surface area contributed by atoms with Crippen molar-refractivity contribution in [2.75, 3.05) is 19.0 Å². The van der Waals surface area contributed by atoms with Gasteiger partial charge in [0.25, 0.3) is 0 Å². The van der Waals surface area contributed by atoms with E-state index in [0.717, 1.165) is 22.7 Å². The molecular weight excluding hydrogens is 226 g/mol. The van der Waals surface area contributed by atoms with E-state index >= 15 is 0 Å². The van der Waals surface area contributed by atoms with Gasteiger partial charge in [-0.3, -0.25) is 0 Å². The Morgan fingerprint density at radius 1 is 1.06 bits per heavy atom. The highest BCUT2D eigenvalue weighted by molar-refractivity contribution is 5.85. The maximum absolute atomic E-state index is 4.49. The minimum Gasteiger partial charge on any atom is -0.361 e. The highest BCUT2D eigenvalue weighted by Gasteiger charge is 2.11. The lowest BCUT2D eigenvalue weighted by atomic mass is 10.2. The summed E-state index contributed by atoms with van der Waals surface area (Å²) in [5.74, 6) is 1.66. The van der Waals surface area contributed by atoms with Gasteiger partial charge in [0.15, 0.2) is 11.5 Å². The molecular formula is C13H13N5. The first kappa shape index (κ1) is 10.7. The van der Waals surface area contributed by atoms with E-state index in [1.165, 1.54) is 6.33 Å². The van der Waals surface area contributed by atoms with Gasteiger partial charge in [0, 0.05) is 19.7 Å². The summed E-state index contributed by atoms with van der Waals surface area (Å²) < 4.78 is 0. The van der Waals surface area contributed by atoms with Gasteiger partial charge in [-0.2, -0.15) is 0 Å². The second kappa shape index (κ2) is 4.10. The van der Waals surface area contributed by atoms with Crippen LogP contribution in [-0.4, -0.2) is 34.0 Å². The van der Waals surface area contributed by atoms with Gasteiger partial charge in [0.1, 0.15) is 17.7 Å². The van der Waals surface area contributed by atoms with Gasteiger partial charge < -0.3 is 9.88 Å². The summed E-state index contributed by atoms with van der Waals surface area (Å²) >= 11 is 0. The number of nitrogens with one attached hydrogen (secondary N) is 1. The molecule has 0 bridgehead atoms. The van der Waals surface area contributed by atoms with Crippen molar-refractivity contribution in [3.63, 3.8) is 0 Å². The molecule has 2 heterocycles. The molecule has 90 valence electrons. The van der Waals surface area contributed by atoms with Gasteiger partial charge in [-0.05, 0) is 0 Å². The van der Waals surface area contributed by atoms with Crippen molar-refractivity contribution in [1.29, 1.82) is 0 Å². The maximum Gasteiger partial charge on any atom is 0.183 e. The van der Waals surface area contributed by atoms with Crippen LogP contribution in [0.5, 0.6) is 0 Å². The van der Waals surface area contributed by atoms with E-state index in [-0.39, 0.29) is 0 Å². The van der Waals surface area contributed by atoms with E-state index in [9.17, 15) is 0 Å². The number of aromatic nitrogens is 4. The predicted octanol–water partition coefficient (Wildman–Crippen LogP) is 2.09. The molecule has 5 heteroatoms. The first-order valence-electron chi connectivity index (χ1n) is 5.69. The van der Waals surface area contributed by atoms with Crippen LogP contribution in [0.2, 0.25) is 0 Å². The van der Waals surface area contributed by atoms with Crippen molar-refractivity contribution < 1.29 is 0 Å². The van der Waals surface area contributed by atoms with Crippen LogP contribution in [0.3, 0.4) is 0 Å². The average Bonchev–Trinajstić information content (AvgIpc) is 2.83. The number of hydrogen-bond acceptors (Lipinski definition) is 4. The molecule has 0 aliphatic carbocycles. The molecule has 3 rings (SSSR count). The van der Waals surface area contributed by atoms with Crippen LogP contribution in [0.15, 0.2) is 36.7 Å². The zero-order chi connectivity index (χ0) is 12.5. The van der Waals surface area contributed by atoms with E-state index in [0.29, 0.717) is 5.65 Å². The fourth-order valence-electron chi connectivity index (χ4n) is 1.89. The molecule has 3 aromatic rings. The lowest BCUT2D eigenvalue weighted by Crippen LogP contribution is -2.11. The smallest absolute Gasteiger partial charge is 0.183 e. The molecule has 0 radical (unpaired) electrons. The van der Waals surface area contributed by atoms with Crippen molar-refractivity contribution >= 4 is 17.0 Å². The van der Waals surface area contributed by atoms with E-state index in [1.54, 1.807) is 0 Å². The topological polar surface area (TPSA) is 57.7 Å². The van der Waals surface area contributed by atoms with E-state index < -0.39 is 0 Å². The minimum atomic E-state index is 0.688. The van der Waals surface area contributed by atoms with Gasteiger partial charge in [0.2, 0.25) is 0 Å². The monoisotopic (exact) mass is 239 g/mol. The number of anilines is 1. The largest absolute Gasteiger partial charge is 0.361 e. The van der Waals surface area contributed by atoms with Crippen molar-refractivity contribution in [2.24, 2.45) is 0 Å². The number of fused-ring (bicyclic) bond motifs is 1. The molecule has 0 unspecified atom stereocenters. The van der Waals surface area contributed by atoms with Crippen molar-refractivity contribution in [1.82, 2.24) is 19.9 Å². The summed E-state index contributed by atoms with van der Waals surface area (Å²) in [5, 5.41) is 0. The second-order valence-electron chi connectivity index (χ2n) is 4.24. The van der Waals surface area contributed by atoms with E-state index in [1.807, 2.05) is 49.3 Å². The minimum absolute atomic E-state index is 0.688. The number of aromatic amines is 1. The lowest BCUT2D eigenvalue weighted by molar-refractivity contribution is 1.06. The summed E-state index contributed by atoms with van der Waals surface area (Å²) in [6.07, 6.45) is 1.54. The Bertz CT molecular complexity index is 672. The molecule has 1 aromatic carbocycles. The lowest BCUT2D eigenvalue weighted by Gasteiger charge is -2.10. The highest BCUT2D eigenvalue weighted by atomic mass is 15.2. The molecule has 0 saturated heterocycles. The Hall–Kier alpha value is -2.43. The molecule has 0 aliphatic heterocycles. The molecule has 0 fully saturated rings. The van der Waals surface area contributed by atoms with Crippen LogP contribution >= 0.6 is 0 Å². The Labute approximate surface area is 105 Å². The molecule has 18 heavy (non-hydrogen) atoms. The summed E-state index contributed by atoms with van der Waals surface area (Å²) in [7, 11) is 3.90. The van der Waals surface area contributed by atoms with Gasteiger partial charge in [-0.25, -0.2) is 15.0 Å². The third-order valence-electron chi connectivity index (χ3n) is 2.74. The summed E-state index contributed by atoms with van der Waals surface area (Å²) in [4.78, 5) is 18.2. The zero-order valence-electron chi connectivity index (χ0n) is 10.3. The molecule has 2 aromatic heterocycles. The normalized spacial score (nSPS) is 10.8. The van der Waals surface area contributed by atoms with E-state index in [4.69, 9.17) is 0 Å². The first-order valence-corrected chi connectivity index (χ1v) is 5.69. The average molecular weight is 239 g/mol. The SMILES string of the molecule is CN(C)c1ncnc2nc(-c3ccccc3)[nH]c12. The van der Waals surface area contributed by atoms with Gasteiger partial charge in [0.05, 0.1) is 0 Å². The third kappa shape index (κ3) is 1.69. The summed E-state index contributed by atoms with van der Waals surface area (Å²) in [5.41, 5.74) is 2.59. The molecule has 5 nitrogen and oxygen atoms in total. The summed E-state index contributed by atoms with van der Waals surface area (Å²) in [6, 6.07) is 9.99. The molecule has 0 amide bonds. The van der Waals surface area contributed by atoms with Crippen LogP contribution in [0.4, 0.5) is 5.82 Å². The molecule has 1 N–H and O–H groups in total. The van der Waals surface area contributed by atoms with Crippen LogP contribution in [-0.2, 0) is 0 Å². The highest BCUT2D eigenvalue weighted by Crippen LogP contribution is 2.23. The molecule has 0 atom stereocenters. The number of H-pyrrole nitrogens is 1. The Kier molecular flexibility index (Phi) is 2.44. The van der Waals surface area contributed by atoms with Crippen molar-refractivity contribution in [3.8, 4) is 11.4 Å². The number of hydrogen-bond donors (Lipinski definition) is 1. The third-order valence-corrected chi connectivity index (χ3v) is 2.74.